The zero-order valence-corrected chi connectivity index (χ0v) is 10.7. The van der Waals surface area contributed by atoms with Gasteiger partial charge >= 0.3 is 0 Å². The largest absolute Gasteiger partial charge is 0.496 e. The molecule has 96 valence electrons. The van der Waals surface area contributed by atoms with Crippen LogP contribution < -0.4 is 10.1 Å². The van der Waals surface area contributed by atoms with Crippen molar-refractivity contribution in [1.29, 1.82) is 0 Å². The molecule has 1 atom stereocenters. The summed E-state index contributed by atoms with van der Waals surface area (Å²) >= 11 is 0. The van der Waals surface area contributed by atoms with Crippen LogP contribution in [-0.4, -0.2) is 39.0 Å². The molecule has 4 heteroatoms. The van der Waals surface area contributed by atoms with Crippen molar-refractivity contribution in [2.45, 2.75) is 13.0 Å². The van der Waals surface area contributed by atoms with Gasteiger partial charge in [0.05, 0.1) is 19.8 Å². The summed E-state index contributed by atoms with van der Waals surface area (Å²) in [6.45, 7) is 3.84. The van der Waals surface area contributed by atoms with E-state index in [1.807, 2.05) is 25.1 Å². The highest BCUT2D eigenvalue weighted by molar-refractivity contribution is 5.38. The number of methoxy groups -OCH3 is 2. The summed E-state index contributed by atoms with van der Waals surface area (Å²) in [6.07, 6.45) is -0.568. The standard InChI is InChI=1S/C13H21NO3/c1-10-4-5-13(17-3)11(8-10)12(15)9-14-6-7-16-2/h4-5,8,12,14-15H,6-7,9H2,1-3H3. The Kier molecular flexibility index (Phi) is 5.97. The van der Waals surface area contributed by atoms with E-state index in [-0.39, 0.29) is 0 Å². The maximum absolute atomic E-state index is 10.1. The normalized spacial score (nSPS) is 12.5. The molecule has 0 heterocycles. The Hall–Kier alpha value is -1.10. The van der Waals surface area contributed by atoms with Crippen LogP contribution in [0.3, 0.4) is 0 Å². The molecule has 0 aliphatic heterocycles. The average Bonchev–Trinajstić information content (AvgIpc) is 2.34. The molecule has 0 fully saturated rings. The molecule has 4 nitrogen and oxygen atoms in total. The Morgan fingerprint density at radius 3 is 2.76 bits per heavy atom. The number of nitrogens with one attached hydrogen (secondary N) is 1. The van der Waals surface area contributed by atoms with Gasteiger partial charge in [0.1, 0.15) is 5.75 Å². The second-order valence-electron chi connectivity index (χ2n) is 3.96. The van der Waals surface area contributed by atoms with Gasteiger partial charge in [-0.2, -0.15) is 0 Å². The Bertz CT molecular complexity index is 341. The van der Waals surface area contributed by atoms with Gasteiger partial charge in [-0.25, -0.2) is 0 Å². The van der Waals surface area contributed by atoms with E-state index in [4.69, 9.17) is 9.47 Å². The Morgan fingerprint density at radius 1 is 1.35 bits per heavy atom. The molecule has 0 saturated carbocycles. The molecule has 0 amide bonds. The van der Waals surface area contributed by atoms with Crippen LogP contribution in [0.25, 0.3) is 0 Å². The Labute approximate surface area is 103 Å². The summed E-state index contributed by atoms with van der Waals surface area (Å²) < 4.78 is 10.2. The summed E-state index contributed by atoms with van der Waals surface area (Å²) in [4.78, 5) is 0. The topological polar surface area (TPSA) is 50.7 Å². The van der Waals surface area contributed by atoms with Crippen LogP contribution in [0.15, 0.2) is 18.2 Å². The number of aliphatic hydroxyl groups is 1. The van der Waals surface area contributed by atoms with E-state index in [2.05, 4.69) is 5.32 Å². The predicted octanol–water partition coefficient (Wildman–Crippen LogP) is 1.27. The number of rotatable bonds is 7. The van der Waals surface area contributed by atoms with Gasteiger partial charge in [-0.1, -0.05) is 11.6 Å². The number of aliphatic hydroxyl groups excluding tert-OH is 1. The number of benzene rings is 1. The van der Waals surface area contributed by atoms with Crippen LogP contribution in [-0.2, 0) is 4.74 Å². The van der Waals surface area contributed by atoms with Crippen molar-refractivity contribution in [3.63, 3.8) is 0 Å². The van der Waals surface area contributed by atoms with Crippen molar-refractivity contribution < 1.29 is 14.6 Å². The van der Waals surface area contributed by atoms with Gasteiger partial charge in [-0.3, -0.25) is 0 Å². The van der Waals surface area contributed by atoms with E-state index in [1.54, 1.807) is 14.2 Å². The molecule has 1 aromatic carbocycles. The Balaban J connectivity index is 2.60. The molecule has 0 aliphatic carbocycles. The first kappa shape index (κ1) is 14.0. The van der Waals surface area contributed by atoms with Crippen LogP contribution in [0, 0.1) is 6.92 Å². The van der Waals surface area contributed by atoms with Crippen LogP contribution >= 0.6 is 0 Å². The van der Waals surface area contributed by atoms with Gasteiger partial charge in [0.15, 0.2) is 0 Å². The molecule has 0 radical (unpaired) electrons. The van der Waals surface area contributed by atoms with E-state index in [1.165, 1.54) is 0 Å². The lowest BCUT2D eigenvalue weighted by Crippen LogP contribution is -2.25. The monoisotopic (exact) mass is 239 g/mol. The van der Waals surface area contributed by atoms with E-state index in [0.717, 1.165) is 23.4 Å². The summed E-state index contributed by atoms with van der Waals surface area (Å²) in [6, 6.07) is 5.79. The fraction of sp³-hybridized carbons (Fsp3) is 0.538. The quantitative estimate of drug-likeness (QED) is 0.704. The maximum Gasteiger partial charge on any atom is 0.124 e. The third kappa shape index (κ3) is 4.34. The van der Waals surface area contributed by atoms with E-state index in [9.17, 15) is 5.11 Å². The SMILES string of the molecule is COCCNCC(O)c1cc(C)ccc1OC. The van der Waals surface area contributed by atoms with Gasteiger partial charge in [0, 0.05) is 25.8 Å². The number of aryl methyl sites for hydroxylation is 1. The second-order valence-corrected chi connectivity index (χ2v) is 3.96. The molecule has 0 spiro atoms. The molecular weight excluding hydrogens is 218 g/mol. The van der Waals surface area contributed by atoms with Gasteiger partial charge < -0.3 is 19.9 Å². The fourth-order valence-corrected chi connectivity index (χ4v) is 1.64. The molecule has 2 N–H and O–H groups in total. The molecule has 0 aromatic heterocycles. The van der Waals surface area contributed by atoms with Crippen molar-refractivity contribution in [2.75, 3.05) is 33.9 Å². The van der Waals surface area contributed by atoms with Gasteiger partial charge in [0.2, 0.25) is 0 Å². The first-order valence-corrected chi connectivity index (χ1v) is 5.71. The maximum atomic E-state index is 10.1. The van der Waals surface area contributed by atoms with E-state index in [0.29, 0.717) is 13.2 Å². The highest BCUT2D eigenvalue weighted by Crippen LogP contribution is 2.25. The van der Waals surface area contributed by atoms with Crippen molar-refractivity contribution in [3.8, 4) is 5.75 Å². The number of hydrogen-bond donors (Lipinski definition) is 2. The summed E-state index contributed by atoms with van der Waals surface area (Å²) in [5, 5.41) is 13.2. The summed E-state index contributed by atoms with van der Waals surface area (Å²) in [5.74, 6) is 0.719. The van der Waals surface area contributed by atoms with Gasteiger partial charge in [-0.15, -0.1) is 0 Å². The van der Waals surface area contributed by atoms with Gasteiger partial charge in [-0.05, 0) is 19.1 Å². The molecule has 0 saturated heterocycles. The van der Waals surface area contributed by atoms with Crippen LogP contribution in [0.4, 0.5) is 0 Å². The van der Waals surface area contributed by atoms with Crippen molar-refractivity contribution >= 4 is 0 Å². The van der Waals surface area contributed by atoms with Crippen LogP contribution in [0.5, 0.6) is 5.75 Å². The highest BCUT2D eigenvalue weighted by atomic mass is 16.5. The van der Waals surface area contributed by atoms with E-state index >= 15 is 0 Å². The molecule has 0 bridgehead atoms. The third-order valence-corrected chi connectivity index (χ3v) is 2.56. The molecule has 17 heavy (non-hydrogen) atoms. The second kappa shape index (κ2) is 7.27. The minimum atomic E-state index is -0.568. The first-order chi connectivity index (χ1) is 8.19. The minimum absolute atomic E-state index is 0.489. The smallest absolute Gasteiger partial charge is 0.124 e. The molecule has 1 rings (SSSR count). The molecule has 1 unspecified atom stereocenters. The van der Waals surface area contributed by atoms with Crippen molar-refractivity contribution in [2.24, 2.45) is 0 Å². The van der Waals surface area contributed by atoms with Crippen molar-refractivity contribution in [3.05, 3.63) is 29.3 Å². The number of hydrogen-bond acceptors (Lipinski definition) is 4. The van der Waals surface area contributed by atoms with Crippen molar-refractivity contribution in [1.82, 2.24) is 5.32 Å². The molecule has 1 aromatic rings. The lowest BCUT2D eigenvalue weighted by molar-refractivity contribution is 0.158. The first-order valence-electron chi connectivity index (χ1n) is 5.71. The summed E-state index contributed by atoms with van der Waals surface area (Å²) in [5.41, 5.74) is 1.93. The lowest BCUT2D eigenvalue weighted by atomic mass is 10.1. The van der Waals surface area contributed by atoms with Crippen LogP contribution in [0.1, 0.15) is 17.2 Å². The molecule has 0 aliphatic rings. The van der Waals surface area contributed by atoms with Crippen LogP contribution in [0.2, 0.25) is 0 Å². The average molecular weight is 239 g/mol. The highest BCUT2D eigenvalue weighted by Gasteiger charge is 2.12. The summed E-state index contributed by atoms with van der Waals surface area (Å²) in [7, 11) is 3.26. The Morgan fingerprint density at radius 2 is 2.12 bits per heavy atom. The zero-order valence-electron chi connectivity index (χ0n) is 10.7. The third-order valence-electron chi connectivity index (χ3n) is 2.56. The minimum Gasteiger partial charge on any atom is -0.496 e. The number of ether oxygens (including phenoxy) is 2. The fourth-order valence-electron chi connectivity index (χ4n) is 1.64. The molecular formula is C13H21NO3. The van der Waals surface area contributed by atoms with Gasteiger partial charge in [0.25, 0.3) is 0 Å². The predicted molar refractivity (Wildman–Crippen MR) is 67.4 cm³/mol. The zero-order chi connectivity index (χ0) is 12.7. The van der Waals surface area contributed by atoms with E-state index < -0.39 is 6.10 Å². The lowest BCUT2D eigenvalue weighted by Gasteiger charge is -2.16.